The van der Waals surface area contributed by atoms with E-state index in [1.54, 1.807) is 12.1 Å². The molecule has 5 rings (SSSR count). The van der Waals surface area contributed by atoms with Crippen LogP contribution >= 0.6 is 0 Å². The summed E-state index contributed by atoms with van der Waals surface area (Å²) in [5.74, 6) is -2.30. The second kappa shape index (κ2) is 11.4. The summed E-state index contributed by atoms with van der Waals surface area (Å²) in [5.41, 5.74) is 5.13. The quantitative estimate of drug-likeness (QED) is 0.209. The summed E-state index contributed by atoms with van der Waals surface area (Å²) in [6, 6.07) is 11.5. The van der Waals surface area contributed by atoms with E-state index in [0.29, 0.717) is 10.9 Å². The van der Waals surface area contributed by atoms with E-state index in [4.69, 9.17) is 20.9 Å². The monoisotopic (exact) mass is 613 g/mol. The van der Waals surface area contributed by atoms with Crippen molar-refractivity contribution in [1.29, 1.82) is 0 Å². The summed E-state index contributed by atoms with van der Waals surface area (Å²) >= 11 is 0. The van der Waals surface area contributed by atoms with Gasteiger partial charge in [0.05, 0.1) is 12.2 Å². The number of ether oxygens (including phenoxy) is 2. The van der Waals surface area contributed by atoms with Gasteiger partial charge in [-0.1, -0.05) is 6.07 Å². The number of nitrogens with two attached hydrogens (primary N) is 2. The van der Waals surface area contributed by atoms with Crippen LogP contribution in [0.2, 0.25) is 0 Å². The number of carbonyl (C=O) groups is 2. The van der Waals surface area contributed by atoms with Gasteiger partial charge in [-0.15, -0.1) is 0 Å². The van der Waals surface area contributed by atoms with Gasteiger partial charge >= 0.3 is 6.18 Å². The van der Waals surface area contributed by atoms with Gasteiger partial charge in [0, 0.05) is 34.8 Å². The maximum absolute atomic E-state index is 14.7. The molecular weight excluding hydrogens is 586 g/mol. The minimum absolute atomic E-state index is 0.0370. The first-order valence-corrected chi connectivity index (χ1v) is 13.3. The molecule has 2 aromatic heterocycles. The highest BCUT2D eigenvalue weighted by Crippen LogP contribution is 2.47. The maximum atomic E-state index is 14.7. The van der Waals surface area contributed by atoms with Crippen LogP contribution in [0.5, 0.6) is 11.5 Å². The number of pyridine rings is 2. The van der Waals surface area contributed by atoms with Crippen LogP contribution in [-0.4, -0.2) is 59.4 Å². The topological polar surface area (TPSA) is 163 Å². The SMILES string of the molecule is C[C@]1(C(N)=O)COc2c1cc([C@@](O)(CNC(=O)c1cc(OCCN)c3ncccc3c1)C(F)(F)F)nc2-c1ccc(F)cc1. The second-order valence-electron chi connectivity index (χ2n) is 10.5. The molecule has 44 heavy (non-hydrogen) atoms. The largest absolute Gasteiger partial charge is 0.490 e. The van der Waals surface area contributed by atoms with Crippen LogP contribution in [0.4, 0.5) is 17.6 Å². The summed E-state index contributed by atoms with van der Waals surface area (Å²) in [6.45, 7) is -0.0196. The Labute approximate surface area is 248 Å². The first-order valence-electron chi connectivity index (χ1n) is 13.3. The Hall–Kier alpha value is -4.82. The number of nitrogens with zero attached hydrogens (tertiary/aromatic N) is 2. The fourth-order valence-corrected chi connectivity index (χ4v) is 4.82. The molecule has 0 saturated carbocycles. The van der Waals surface area contributed by atoms with Gasteiger partial charge < -0.3 is 31.4 Å². The highest BCUT2D eigenvalue weighted by atomic mass is 19.4. The first-order chi connectivity index (χ1) is 20.8. The molecule has 6 N–H and O–H groups in total. The Kier molecular flexibility index (Phi) is 7.90. The molecular formula is C30H27F4N5O5. The fraction of sp³-hybridized carbons (Fsp3) is 0.267. The first kappa shape index (κ1) is 30.6. The lowest BCUT2D eigenvalue weighted by Crippen LogP contribution is -2.51. The lowest BCUT2D eigenvalue weighted by atomic mass is 9.81. The molecule has 4 aromatic rings. The van der Waals surface area contributed by atoms with Crippen molar-refractivity contribution < 1.29 is 41.7 Å². The number of aliphatic hydroxyl groups is 1. The van der Waals surface area contributed by atoms with E-state index in [2.05, 4.69) is 15.3 Å². The standard InChI is InChI=1S/C30H27F4N5O5/c1-28(27(36)41)15-44-25-20(28)13-22(39-24(25)16-4-6-19(31)7-5-16)29(42,30(32,33)34)14-38-26(40)18-11-17-3-2-9-37-23(17)21(12-18)43-10-8-35/h2-7,9,11-13,42H,8,10,14-15,35H2,1H3,(H2,36,41)(H,38,40)/t28-,29-/m0/s1. The van der Waals surface area contributed by atoms with Crippen molar-refractivity contribution in [2.24, 2.45) is 11.5 Å². The van der Waals surface area contributed by atoms with Gasteiger partial charge in [0.1, 0.15) is 47.2 Å². The number of nitrogens with one attached hydrogen (secondary N) is 1. The molecule has 2 atom stereocenters. The summed E-state index contributed by atoms with van der Waals surface area (Å²) in [6.07, 6.45) is -3.86. The highest BCUT2D eigenvalue weighted by molar-refractivity contribution is 6.00. The van der Waals surface area contributed by atoms with Crippen molar-refractivity contribution >= 4 is 22.7 Å². The van der Waals surface area contributed by atoms with E-state index in [-0.39, 0.29) is 53.6 Å². The molecule has 0 bridgehead atoms. The molecule has 2 aromatic carbocycles. The Morgan fingerprint density at radius 1 is 1.16 bits per heavy atom. The summed E-state index contributed by atoms with van der Waals surface area (Å²) in [4.78, 5) is 33.9. The number of hydrogen-bond donors (Lipinski definition) is 4. The van der Waals surface area contributed by atoms with E-state index >= 15 is 0 Å². The normalized spacial score (nSPS) is 17.4. The van der Waals surface area contributed by atoms with Gasteiger partial charge in [-0.2, -0.15) is 13.2 Å². The van der Waals surface area contributed by atoms with Crippen LogP contribution in [-0.2, 0) is 15.8 Å². The smallest absolute Gasteiger partial charge is 0.424 e. The molecule has 230 valence electrons. The molecule has 1 aliphatic heterocycles. The molecule has 10 nitrogen and oxygen atoms in total. The molecule has 0 saturated heterocycles. The molecule has 0 radical (unpaired) electrons. The van der Waals surface area contributed by atoms with E-state index in [0.717, 1.165) is 18.2 Å². The lowest BCUT2D eigenvalue weighted by Gasteiger charge is -2.31. The minimum Gasteiger partial charge on any atom is -0.490 e. The highest BCUT2D eigenvalue weighted by Gasteiger charge is 2.57. The molecule has 14 heteroatoms. The number of alkyl halides is 3. The third-order valence-corrected chi connectivity index (χ3v) is 7.44. The predicted octanol–water partition coefficient (Wildman–Crippen LogP) is 3.09. The molecule has 0 fully saturated rings. The lowest BCUT2D eigenvalue weighted by molar-refractivity contribution is -0.265. The van der Waals surface area contributed by atoms with Crippen LogP contribution in [0.15, 0.2) is 60.8 Å². The summed E-state index contributed by atoms with van der Waals surface area (Å²) in [7, 11) is 0. The second-order valence-corrected chi connectivity index (χ2v) is 10.5. The van der Waals surface area contributed by atoms with Gasteiger partial charge in [-0.3, -0.25) is 14.6 Å². The molecule has 2 amide bonds. The zero-order valence-corrected chi connectivity index (χ0v) is 23.2. The molecule has 0 aliphatic carbocycles. The number of rotatable bonds is 9. The number of aromatic nitrogens is 2. The Morgan fingerprint density at radius 3 is 2.55 bits per heavy atom. The number of primary amides is 1. The number of hydrogen-bond acceptors (Lipinski definition) is 8. The zero-order chi connectivity index (χ0) is 31.9. The number of amides is 2. The average molecular weight is 614 g/mol. The van der Waals surface area contributed by atoms with Crippen molar-refractivity contribution in [2.75, 3.05) is 26.3 Å². The van der Waals surface area contributed by atoms with Crippen LogP contribution in [0, 0.1) is 5.82 Å². The molecule has 1 aliphatic rings. The minimum atomic E-state index is -5.37. The average Bonchev–Trinajstić information content (AvgIpc) is 3.35. The molecule has 0 spiro atoms. The predicted molar refractivity (Wildman–Crippen MR) is 150 cm³/mol. The zero-order valence-electron chi connectivity index (χ0n) is 23.2. The van der Waals surface area contributed by atoms with Crippen LogP contribution in [0.3, 0.4) is 0 Å². The third kappa shape index (κ3) is 5.37. The molecule has 3 heterocycles. The van der Waals surface area contributed by atoms with Crippen molar-refractivity contribution in [3.63, 3.8) is 0 Å². The number of fused-ring (bicyclic) bond motifs is 2. The maximum Gasteiger partial charge on any atom is 0.424 e. The van der Waals surface area contributed by atoms with Crippen molar-refractivity contribution in [3.05, 3.63) is 83.4 Å². The van der Waals surface area contributed by atoms with Crippen LogP contribution < -0.4 is 26.3 Å². The van der Waals surface area contributed by atoms with Gasteiger partial charge in [0.15, 0.2) is 0 Å². The Morgan fingerprint density at radius 2 is 1.89 bits per heavy atom. The van der Waals surface area contributed by atoms with E-state index in [1.165, 1.54) is 37.4 Å². The summed E-state index contributed by atoms with van der Waals surface area (Å²) in [5, 5.41) is 13.9. The van der Waals surface area contributed by atoms with Crippen molar-refractivity contribution in [2.45, 2.75) is 24.1 Å². The Bertz CT molecular complexity index is 1750. The van der Waals surface area contributed by atoms with Crippen molar-refractivity contribution in [3.8, 4) is 22.8 Å². The molecule has 0 unspecified atom stereocenters. The Balaban J connectivity index is 1.57. The fourth-order valence-electron chi connectivity index (χ4n) is 4.82. The van der Waals surface area contributed by atoms with Crippen molar-refractivity contribution in [1.82, 2.24) is 15.3 Å². The number of halogens is 4. The van der Waals surface area contributed by atoms with E-state index < -0.39 is 47.1 Å². The van der Waals surface area contributed by atoms with Crippen LogP contribution in [0.1, 0.15) is 28.5 Å². The summed E-state index contributed by atoms with van der Waals surface area (Å²) < 4.78 is 69.0. The van der Waals surface area contributed by atoms with E-state index in [9.17, 15) is 32.3 Å². The van der Waals surface area contributed by atoms with Gasteiger partial charge in [-0.25, -0.2) is 9.37 Å². The van der Waals surface area contributed by atoms with Gasteiger partial charge in [0.25, 0.3) is 5.91 Å². The van der Waals surface area contributed by atoms with E-state index in [1.807, 2.05) is 0 Å². The van der Waals surface area contributed by atoms with Gasteiger partial charge in [0.2, 0.25) is 11.5 Å². The third-order valence-electron chi connectivity index (χ3n) is 7.44. The van der Waals surface area contributed by atoms with Gasteiger partial charge in [-0.05, 0) is 55.5 Å². The number of benzene rings is 2. The van der Waals surface area contributed by atoms with Crippen LogP contribution in [0.25, 0.3) is 22.2 Å². The number of carbonyl (C=O) groups excluding carboxylic acids is 2.